The van der Waals surface area contributed by atoms with Gasteiger partial charge in [-0.05, 0) is 35.7 Å². The van der Waals surface area contributed by atoms with E-state index >= 15 is 0 Å². The van der Waals surface area contributed by atoms with Crippen molar-refractivity contribution in [1.29, 1.82) is 5.26 Å². The average Bonchev–Trinajstić information content (AvgIpc) is 3.49. The minimum Gasteiger partial charge on any atom is -0.508 e. The van der Waals surface area contributed by atoms with Gasteiger partial charge in [-0.2, -0.15) is 10.3 Å². The molecule has 2 atom stereocenters. The van der Waals surface area contributed by atoms with Gasteiger partial charge in [0, 0.05) is 19.5 Å². The van der Waals surface area contributed by atoms with Crippen molar-refractivity contribution < 1.29 is 19.5 Å². The maximum absolute atomic E-state index is 14.0. The van der Waals surface area contributed by atoms with Crippen molar-refractivity contribution in [2.75, 3.05) is 31.9 Å². The number of carbonyl (C=O) groups excluding carboxylic acids is 3. The molecule has 3 heterocycles. The number of aromatic hydroxyl groups is 1. The third-order valence-electron chi connectivity index (χ3n) is 7.38. The largest absolute Gasteiger partial charge is 0.508 e. The second-order valence-corrected chi connectivity index (χ2v) is 11.2. The fourth-order valence-corrected chi connectivity index (χ4v) is 6.19. The van der Waals surface area contributed by atoms with Gasteiger partial charge >= 0.3 is 6.03 Å². The summed E-state index contributed by atoms with van der Waals surface area (Å²) in [7, 11) is 0. The molecule has 4 amide bonds. The van der Waals surface area contributed by atoms with Gasteiger partial charge in [-0.1, -0.05) is 48.9 Å². The van der Waals surface area contributed by atoms with Crippen molar-refractivity contribution in [3.63, 3.8) is 0 Å². The van der Waals surface area contributed by atoms with Crippen molar-refractivity contribution in [2.24, 2.45) is 0 Å². The van der Waals surface area contributed by atoms with Gasteiger partial charge in [-0.3, -0.25) is 9.59 Å². The maximum Gasteiger partial charge on any atom is 0.333 e. The zero-order chi connectivity index (χ0) is 29.1. The van der Waals surface area contributed by atoms with Crippen LogP contribution in [-0.2, 0) is 22.6 Å². The lowest BCUT2D eigenvalue weighted by Crippen LogP contribution is -2.66. The number of rotatable bonds is 9. The highest BCUT2D eigenvalue weighted by atomic mass is 32.1. The number of anilines is 1. The molecule has 2 aliphatic rings. The third-order valence-corrected chi connectivity index (χ3v) is 8.23. The molecule has 2 fully saturated rings. The van der Waals surface area contributed by atoms with Crippen LogP contribution in [0.25, 0.3) is 10.2 Å². The van der Waals surface area contributed by atoms with E-state index in [0.29, 0.717) is 11.7 Å². The minimum atomic E-state index is -0.845. The lowest BCUT2D eigenvalue weighted by atomic mass is 9.99. The topological polar surface area (TPSA) is 159 Å². The SMILES string of the molecule is CCCCNC(=O)N(CC#N)N1CC(=O)N2[C@@H](Cc3ccc(O)cc3)C(=O)N(Cc3cccc4sc(N)nc34)C[C@@H]21. The zero-order valence-electron chi connectivity index (χ0n) is 22.7. The van der Waals surface area contributed by atoms with Crippen LogP contribution in [0.4, 0.5) is 9.93 Å². The van der Waals surface area contributed by atoms with Gasteiger partial charge in [0.05, 0.1) is 29.4 Å². The normalized spacial score (nSPS) is 18.9. The predicted molar refractivity (Wildman–Crippen MR) is 153 cm³/mol. The van der Waals surface area contributed by atoms with E-state index in [9.17, 15) is 24.8 Å². The highest BCUT2D eigenvalue weighted by molar-refractivity contribution is 7.22. The number of nitrogens with one attached hydrogen (secondary N) is 1. The van der Waals surface area contributed by atoms with Crippen LogP contribution in [0.1, 0.15) is 30.9 Å². The van der Waals surface area contributed by atoms with Crippen molar-refractivity contribution in [2.45, 2.75) is 44.9 Å². The highest BCUT2D eigenvalue weighted by Gasteiger charge is 2.52. The molecule has 0 spiro atoms. The fraction of sp³-hybridized carbons (Fsp3) is 0.393. The first-order valence-corrected chi connectivity index (χ1v) is 14.3. The van der Waals surface area contributed by atoms with Crippen LogP contribution in [0.15, 0.2) is 42.5 Å². The van der Waals surface area contributed by atoms with Gasteiger partial charge in [0.15, 0.2) is 5.13 Å². The number of hydrogen-bond acceptors (Lipinski definition) is 9. The number of hydrogen-bond donors (Lipinski definition) is 3. The summed E-state index contributed by atoms with van der Waals surface area (Å²) >= 11 is 1.37. The van der Waals surface area contributed by atoms with E-state index in [2.05, 4.69) is 10.3 Å². The Kier molecular flexibility index (Phi) is 8.23. The molecule has 0 aliphatic carbocycles. The second-order valence-electron chi connectivity index (χ2n) is 10.1. The van der Waals surface area contributed by atoms with Crippen LogP contribution in [0.3, 0.4) is 0 Å². The minimum absolute atomic E-state index is 0.100. The number of phenols is 1. The molecule has 214 valence electrons. The number of carbonyl (C=O) groups is 3. The maximum atomic E-state index is 14.0. The number of piperazine rings is 1. The lowest BCUT2D eigenvalue weighted by molar-refractivity contribution is -0.157. The van der Waals surface area contributed by atoms with Gasteiger partial charge in [-0.25, -0.2) is 14.8 Å². The summed E-state index contributed by atoms with van der Waals surface area (Å²) in [4.78, 5) is 48.3. The number of benzene rings is 2. The molecule has 2 aromatic carbocycles. The number of amides is 4. The molecule has 0 radical (unpaired) electrons. The first-order valence-electron chi connectivity index (χ1n) is 13.5. The molecule has 4 N–H and O–H groups in total. The number of nitriles is 1. The standard InChI is InChI=1S/C28H32N8O4S/c1-2-3-12-31-28(40)34(13-11-29)35-17-24(38)36-21(14-18-7-9-20(37)10-8-18)26(39)33(16-23(35)36)15-19-5-4-6-22-25(19)32-27(30)41-22/h4-10,21,23,37H,2-3,12-17H2,1H3,(H2,30,32)(H,31,40)/t21-,23+/m0/s1. The number of fused-ring (bicyclic) bond motifs is 2. The third kappa shape index (κ3) is 5.75. The number of nitrogens with two attached hydrogens (primary N) is 1. The fourth-order valence-electron chi connectivity index (χ4n) is 5.41. The average molecular weight is 577 g/mol. The van der Waals surface area contributed by atoms with Crippen molar-refractivity contribution in [3.05, 3.63) is 53.6 Å². The Morgan fingerprint density at radius 2 is 2.05 bits per heavy atom. The molecule has 2 saturated heterocycles. The van der Waals surface area contributed by atoms with E-state index in [1.165, 1.54) is 21.2 Å². The number of phenolic OH excluding ortho intramolecular Hbond substituents is 1. The summed E-state index contributed by atoms with van der Waals surface area (Å²) in [5.41, 5.74) is 8.28. The van der Waals surface area contributed by atoms with E-state index < -0.39 is 18.2 Å². The van der Waals surface area contributed by atoms with Gasteiger partial charge < -0.3 is 26.0 Å². The van der Waals surface area contributed by atoms with Gasteiger partial charge in [0.1, 0.15) is 24.5 Å². The second kappa shape index (κ2) is 12.0. The summed E-state index contributed by atoms with van der Waals surface area (Å²) in [6.07, 6.45) is 1.24. The number of unbranched alkanes of at least 4 members (excludes halogenated alkanes) is 1. The molecule has 13 heteroatoms. The molecule has 1 aromatic heterocycles. The summed E-state index contributed by atoms with van der Waals surface area (Å²) in [5.74, 6) is -0.432. The van der Waals surface area contributed by atoms with E-state index in [4.69, 9.17) is 5.73 Å². The van der Waals surface area contributed by atoms with Crippen LogP contribution in [0.5, 0.6) is 5.75 Å². The Bertz CT molecular complexity index is 1490. The quantitative estimate of drug-likeness (QED) is 0.258. The highest BCUT2D eigenvalue weighted by Crippen LogP contribution is 2.32. The Labute approximate surface area is 241 Å². The first-order chi connectivity index (χ1) is 19.8. The molecular weight excluding hydrogens is 544 g/mol. The summed E-state index contributed by atoms with van der Waals surface area (Å²) < 4.78 is 0.911. The molecule has 0 bridgehead atoms. The molecule has 3 aromatic rings. The summed E-state index contributed by atoms with van der Waals surface area (Å²) in [5, 5.41) is 25.4. The van der Waals surface area contributed by atoms with Crippen LogP contribution in [0, 0.1) is 11.3 Å². The number of para-hydroxylation sites is 1. The van der Waals surface area contributed by atoms with Crippen LogP contribution in [0.2, 0.25) is 0 Å². The van der Waals surface area contributed by atoms with Gasteiger partial charge in [0.2, 0.25) is 11.8 Å². The molecule has 41 heavy (non-hydrogen) atoms. The summed E-state index contributed by atoms with van der Waals surface area (Å²) in [6, 6.07) is 13.0. The zero-order valence-corrected chi connectivity index (χ0v) is 23.5. The molecule has 5 rings (SSSR count). The number of urea groups is 1. The number of aromatic nitrogens is 1. The predicted octanol–water partition coefficient (Wildman–Crippen LogP) is 2.26. The van der Waals surface area contributed by atoms with Crippen LogP contribution in [-0.4, -0.2) is 86.1 Å². The van der Waals surface area contributed by atoms with Crippen molar-refractivity contribution in [1.82, 2.24) is 30.1 Å². The van der Waals surface area contributed by atoms with Gasteiger partial charge in [-0.15, -0.1) is 0 Å². The van der Waals surface area contributed by atoms with E-state index in [-0.39, 0.29) is 50.2 Å². The van der Waals surface area contributed by atoms with Crippen LogP contribution < -0.4 is 11.1 Å². The number of hydrazine groups is 1. The number of nitrogen functional groups attached to an aromatic ring is 1. The Balaban J connectivity index is 1.49. The molecule has 12 nitrogen and oxygen atoms in total. The monoisotopic (exact) mass is 576 g/mol. The molecular formula is C28H32N8O4S. The van der Waals surface area contributed by atoms with Crippen molar-refractivity contribution >= 4 is 44.5 Å². The number of thiazole rings is 1. The lowest BCUT2D eigenvalue weighted by Gasteiger charge is -2.46. The Morgan fingerprint density at radius 3 is 2.78 bits per heavy atom. The first kappa shape index (κ1) is 28.1. The van der Waals surface area contributed by atoms with E-state index in [1.54, 1.807) is 34.2 Å². The number of nitrogens with zero attached hydrogens (tertiary/aromatic N) is 6. The molecule has 0 unspecified atom stereocenters. The van der Waals surface area contributed by atoms with Gasteiger partial charge in [0.25, 0.3) is 0 Å². The van der Waals surface area contributed by atoms with Crippen molar-refractivity contribution in [3.8, 4) is 11.8 Å². The Hall–Kier alpha value is -4.41. The Morgan fingerprint density at radius 1 is 1.27 bits per heavy atom. The van der Waals surface area contributed by atoms with Crippen LogP contribution >= 0.6 is 11.3 Å². The summed E-state index contributed by atoms with van der Waals surface area (Å²) in [6.45, 7) is 2.44. The van der Waals surface area contributed by atoms with E-state index in [1.807, 2.05) is 31.2 Å². The van der Waals surface area contributed by atoms with E-state index in [0.717, 1.165) is 34.2 Å². The smallest absolute Gasteiger partial charge is 0.333 e. The molecule has 2 aliphatic heterocycles. The molecule has 0 saturated carbocycles.